The van der Waals surface area contributed by atoms with E-state index in [4.69, 9.17) is 0 Å². The first-order chi connectivity index (χ1) is 15.7. The van der Waals surface area contributed by atoms with Crippen LogP contribution in [0.4, 0.5) is 5.69 Å². The summed E-state index contributed by atoms with van der Waals surface area (Å²) in [5.74, 6) is -0.202. The van der Waals surface area contributed by atoms with Gasteiger partial charge in [-0.2, -0.15) is 10.2 Å². The Hall–Kier alpha value is -4.26. The average Bonchev–Trinajstić information content (AvgIpc) is 3.27. The molecule has 0 atom stereocenters. The molecule has 0 bridgehead atoms. The molecule has 3 aromatic carbocycles. The van der Waals surface area contributed by atoms with Gasteiger partial charge in [-0.15, -0.1) is 0 Å². The zero-order valence-electron chi connectivity index (χ0n) is 17.5. The number of carbonyl (C=O) groups excluding carboxylic acids is 1. The third-order valence-electron chi connectivity index (χ3n) is 5.53. The number of carbonyl (C=O) groups is 1. The highest BCUT2D eigenvalue weighted by Crippen LogP contribution is 2.27. The van der Waals surface area contributed by atoms with Gasteiger partial charge in [-0.25, -0.2) is 9.20 Å². The van der Waals surface area contributed by atoms with Crippen molar-refractivity contribution in [2.75, 3.05) is 11.4 Å². The highest BCUT2D eigenvalue weighted by Gasteiger charge is 2.17. The molecule has 0 radical (unpaired) electrons. The van der Waals surface area contributed by atoms with E-state index in [2.05, 4.69) is 10.2 Å². The van der Waals surface area contributed by atoms with Crippen molar-refractivity contribution >= 4 is 27.9 Å². The van der Waals surface area contributed by atoms with Crippen molar-refractivity contribution in [2.45, 2.75) is 13.5 Å². The largest absolute Gasteiger partial charge is 0.311 e. The number of rotatable bonds is 5. The highest BCUT2D eigenvalue weighted by atomic mass is 16.2. The first-order valence-electron chi connectivity index (χ1n) is 10.4. The van der Waals surface area contributed by atoms with E-state index >= 15 is 0 Å². The van der Waals surface area contributed by atoms with Crippen LogP contribution in [-0.2, 0) is 11.3 Å². The van der Waals surface area contributed by atoms with Gasteiger partial charge in [0.05, 0.1) is 5.69 Å². The molecule has 0 saturated carbocycles. The lowest BCUT2D eigenvalue weighted by Crippen LogP contribution is -2.37. The van der Waals surface area contributed by atoms with Crippen molar-refractivity contribution in [1.29, 1.82) is 0 Å². The predicted octanol–water partition coefficient (Wildman–Crippen LogP) is 3.76. The van der Waals surface area contributed by atoms with Gasteiger partial charge >= 0.3 is 0 Å². The Labute approximate surface area is 184 Å². The molecule has 7 nitrogen and oxygen atoms in total. The molecule has 0 saturated heterocycles. The lowest BCUT2D eigenvalue weighted by atomic mass is 10.0. The van der Waals surface area contributed by atoms with Gasteiger partial charge in [-0.05, 0) is 35.9 Å². The summed E-state index contributed by atoms with van der Waals surface area (Å²) in [7, 11) is 0. The summed E-state index contributed by atoms with van der Waals surface area (Å²) in [6.45, 7) is 2.25. The molecule has 1 amide bonds. The number of aromatic nitrogens is 4. The molecule has 2 heterocycles. The molecule has 0 aliphatic rings. The van der Waals surface area contributed by atoms with Gasteiger partial charge in [0.1, 0.15) is 18.4 Å². The minimum atomic E-state index is -0.357. The molecular formula is C25H21N5O2. The Bertz CT molecular complexity index is 1480. The van der Waals surface area contributed by atoms with E-state index in [1.807, 2.05) is 79.7 Å². The van der Waals surface area contributed by atoms with Crippen molar-refractivity contribution in [2.24, 2.45) is 0 Å². The highest BCUT2D eigenvalue weighted by molar-refractivity contribution is 5.96. The summed E-state index contributed by atoms with van der Waals surface area (Å²) in [5.41, 5.74) is 2.43. The molecule has 0 N–H and O–H groups in total. The van der Waals surface area contributed by atoms with Crippen LogP contribution in [0.3, 0.4) is 0 Å². The minimum Gasteiger partial charge on any atom is -0.311 e. The lowest BCUT2D eigenvalue weighted by Gasteiger charge is -2.21. The lowest BCUT2D eigenvalue weighted by molar-refractivity contribution is -0.119. The van der Waals surface area contributed by atoms with Gasteiger partial charge in [0.2, 0.25) is 5.91 Å². The number of nitrogens with zero attached hydrogens (tertiary/aromatic N) is 5. The average molecular weight is 423 g/mol. The molecule has 2 aromatic heterocycles. The number of para-hydroxylation sites is 1. The Morgan fingerprint density at radius 1 is 0.969 bits per heavy atom. The van der Waals surface area contributed by atoms with Crippen LogP contribution >= 0.6 is 0 Å². The number of benzene rings is 3. The smallest absolute Gasteiger partial charge is 0.293 e. The molecule has 32 heavy (non-hydrogen) atoms. The first kappa shape index (κ1) is 19.7. The van der Waals surface area contributed by atoms with Gasteiger partial charge in [0, 0.05) is 17.8 Å². The van der Waals surface area contributed by atoms with Crippen LogP contribution in [0.2, 0.25) is 0 Å². The van der Waals surface area contributed by atoms with Crippen molar-refractivity contribution in [3.63, 3.8) is 0 Å². The van der Waals surface area contributed by atoms with Crippen LogP contribution in [-0.4, -0.2) is 31.8 Å². The Kier molecular flexibility index (Phi) is 4.99. The van der Waals surface area contributed by atoms with Crippen LogP contribution in [0.1, 0.15) is 6.92 Å². The maximum Gasteiger partial charge on any atom is 0.293 e. The van der Waals surface area contributed by atoms with Crippen molar-refractivity contribution in [1.82, 2.24) is 19.4 Å². The molecule has 7 heteroatoms. The topological polar surface area (TPSA) is 72.5 Å². The fourth-order valence-corrected chi connectivity index (χ4v) is 3.96. The standard InChI is InChI=1S/C25H21N5O2/c1-2-28(19-11-4-3-5-12-19)24(31)16-29-25(32)23-15-22(27-30(23)17-26-29)21-14-8-10-18-9-6-7-13-20(18)21/h3-15,17H,2,16H2,1H3. The summed E-state index contributed by atoms with van der Waals surface area (Å²) in [4.78, 5) is 27.6. The van der Waals surface area contributed by atoms with Gasteiger partial charge in [-0.1, -0.05) is 60.7 Å². The van der Waals surface area contributed by atoms with E-state index < -0.39 is 0 Å². The van der Waals surface area contributed by atoms with Gasteiger partial charge in [0.25, 0.3) is 5.56 Å². The van der Waals surface area contributed by atoms with Crippen molar-refractivity contribution < 1.29 is 4.79 Å². The summed E-state index contributed by atoms with van der Waals surface area (Å²) in [6, 6.07) is 25.2. The molecular weight excluding hydrogens is 402 g/mol. The van der Waals surface area contributed by atoms with Crippen LogP contribution in [0.15, 0.2) is 90.0 Å². The summed E-state index contributed by atoms with van der Waals surface area (Å²) in [6.07, 6.45) is 1.47. The molecule has 0 unspecified atom stereocenters. The molecule has 0 spiro atoms. The third-order valence-corrected chi connectivity index (χ3v) is 5.53. The first-order valence-corrected chi connectivity index (χ1v) is 10.4. The van der Waals surface area contributed by atoms with E-state index in [9.17, 15) is 9.59 Å². The second kappa shape index (κ2) is 8.11. The van der Waals surface area contributed by atoms with Crippen LogP contribution in [0.5, 0.6) is 0 Å². The molecule has 0 aliphatic carbocycles. The minimum absolute atomic E-state index is 0.146. The molecule has 5 aromatic rings. The Balaban J connectivity index is 1.51. The number of fused-ring (bicyclic) bond motifs is 2. The van der Waals surface area contributed by atoms with Gasteiger partial charge in [-0.3, -0.25) is 9.59 Å². The van der Waals surface area contributed by atoms with Crippen LogP contribution < -0.4 is 10.5 Å². The fraction of sp³-hybridized carbons (Fsp3) is 0.120. The van der Waals surface area contributed by atoms with Crippen molar-refractivity contribution in [3.05, 3.63) is 95.5 Å². The van der Waals surface area contributed by atoms with E-state index in [0.717, 1.165) is 22.0 Å². The van der Waals surface area contributed by atoms with E-state index in [0.29, 0.717) is 17.8 Å². The summed E-state index contributed by atoms with van der Waals surface area (Å²) in [5, 5.41) is 10.9. The van der Waals surface area contributed by atoms with E-state index in [1.54, 1.807) is 11.0 Å². The number of likely N-dealkylation sites (N-methyl/N-ethyl adjacent to an activating group) is 1. The van der Waals surface area contributed by atoms with Gasteiger partial charge < -0.3 is 4.90 Å². The normalized spacial score (nSPS) is 11.2. The number of hydrogen-bond acceptors (Lipinski definition) is 4. The maximum absolute atomic E-state index is 13.1. The Morgan fingerprint density at radius 2 is 1.72 bits per heavy atom. The fourth-order valence-electron chi connectivity index (χ4n) is 3.96. The van der Waals surface area contributed by atoms with E-state index in [1.165, 1.54) is 15.5 Å². The quantitative estimate of drug-likeness (QED) is 0.431. The van der Waals surface area contributed by atoms with E-state index in [-0.39, 0.29) is 18.0 Å². The van der Waals surface area contributed by atoms with Crippen LogP contribution in [0.25, 0.3) is 27.5 Å². The number of anilines is 1. The second-order valence-corrected chi connectivity index (χ2v) is 7.45. The van der Waals surface area contributed by atoms with Gasteiger partial charge in [0.15, 0.2) is 0 Å². The zero-order valence-corrected chi connectivity index (χ0v) is 17.5. The molecule has 0 aliphatic heterocycles. The second-order valence-electron chi connectivity index (χ2n) is 7.45. The molecule has 5 rings (SSSR count). The van der Waals surface area contributed by atoms with Crippen LogP contribution in [0, 0.1) is 0 Å². The van der Waals surface area contributed by atoms with Crippen molar-refractivity contribution in [3.8, 4) is 11.3 Å². The zero-order chi connectivity index (χ0) is 22.1. The molecule has 158 valence electrons. The Morgan fingerprint density at radius 3 is 2.53 bits per heavy atom. The summed E-state index contributed by atoms with van der Waals surface area (Å²) >= 11 is 0. The molecule has 0 fully saturated rings. The SMILES string of the molecule is CCN(C(=O)Cn1ncn2nc(-c3cccc4ccccc34)cc2c1=O)c1ccccc1. The summed E-state index contributed by atoms with van der Waals surface area (Å²) < 4.78 is 2.66. The number of hydrogen-bond donors (Lipinski definition) is 0. The predicted molar refractivity (Wildman–Crippen MR) is 125 cm³/mol. The number of amides is 1. The monoisotopic (exact) mass is 423 g/mol. The third kappa shape index (κ3) is 3.43. The maximum atomic E-state index is 13.1.